The molecular formula is C27H30Cl2N2O. The maximum absolute atomic E-state index is 13.4. The van der Waals surface area contributed by atoms with Gasteiger partial charge in [-0.3, -0.25) is 4.79 Å². The van der Waals surface area contributed by atoms with Crippen LogP contribution in [0.1, 0.15) is 41.8 Å². The lowest BCUT2D eigenvalue weighted by atomic mass is 10.1. The van der Waals surface area contributed by atoms with Crippen LogP contribution in [0.3, 0.4) is 0 Å². The summed E-state index contributed by atoms with van der Waals surface area (Å²) in [5.74, 6) is -0.0500. The van der Waals surface area contributed by atoms with Gasteiger partial charge in [0.25, 0.3) is 5.91 Å². The van der Waals surface area contributed by atoms with E-state index in [4.69, 9.17) is 23.2 Å². The van der Waals surface area contributed by atoms with Gasteiger partial charge in [0.15, 0.2) is 0 Å². The molecule has 0 saturated carbocycles. The average Bonchev–Trinajstić information content (AvgIpc) is 2.83. The van der Waals surface area contributed by atoms with Crippen molar-refractivity contribution in [2.24, 2.45) is 0 Å². The third-order valence-electron chi connectivity index (χ3n) is 5.67. The van der Waals surface area contributed by atoms with E-state index in [1.807, 2.05) is 54.6 Å². The van der Waals surface area contributed by atoms with Gasteiger partial charge in [-0.15, -0.1) is 0 Å². The van der Waals surface area contributed by atoms with Gasteiger partial charge in [0.2, 0.25) is 0 Å². The van der Waals surface area contributed by atoms with Crippen molar-refractivity contribution >= 4 is 34.8 Å². The number of anilines is 1. The smallest absolute Gasteiger partial charge is 0.258 e. The maximum Gasteiger partial charge on any atom is 0.258 e. The van der Waals surface area contributed by atoms with Crippen LogP contribution in [0, 0.1) is 0 Å². The number of amides is 1. The fourth-order valence-corrected chi connectivity index (χ4v) is 4.05. The van der Waals surface area contributed by atoms with Crippen LogP contribution in [-0.2, 0) is 13.0 Å². The normalized spacial score (nSPS) is 11.0. The standard InChI is InChI=1S/C27H30Cl2N2O/c1-3-30(4-2)18-8-9-21-12-15-24(16-13-21)31(27(32)23-10-6-5-7-11-23)20-22-14-17-25(28)26(29)19-22/h5-7,10-17,19H,3-4,8-9,18,20H2,1-2H3. The molecule has 168 valence electrons. The molecule has 3 aromatic carbocycles. The Morgan fingerprint density at radius 2 is 1.47 bits per heavy atom. The molecule has 5 heteroatoms. The van der Waals surface area contributed by atoms with Crippen molar-refractivity contribution in [3.05, 3.63) is 99.5 Å². The molecule has 0 saturated heterocycles. The Balaban J connectivity index is 1.79. The van der Waals surface area contributed by atoms with Crippen molar-refractivity contribution < 1.29 is 4.79 Å². The van der Waals surface area contributed by atoms with Gasteiger partial charge in [-0.05, 0) is 80.0 Å². The number of hydrogen-bond acceptors (Lipinski definition) is 2. The lowest BCUT2D eigenvalue weighted by Gasteiger charge is -2.24. The molecule has 32 heavy (non-hydrogen) atoms. The second-order valence-corrected chi connectivity index (χ2v) is 8.62. The summed E-state index contributed by atoms with van der Waals surface area (Å²) in [5, 5.41) is 0.991. The summed E-state index contributed by atoms with van der Waals surface area (Å²) in [4.78, 5) is 17.6. The number of rotatable bonds is 10. The van der Waals surface area contributed by atoms with Gasteiger partial charge < -0.3 is 9.80 Å². The van der Waals surface area contributed by atoms with Gasteiger partial charge in [0, 0.05) is 11.3 Å². The highest BCUT2D eigenvalue weighted by molar-refractivity contribution is 6.42. The molecule has 1 amide bonds. The first-order valence-electron chi connectivity index (χ1n) is 11.1. The Hall–Kier alpha value is -2.33. The largest absolute Gasteiger partial charge is 0.304 e. The summed E-state index contributed by atoms with van der Waals surface area (Å²) in [6.07, 6.45) is 2.15. The third-order valence-corrected chi connectivity index (χ3v) is 6.41. The lowest BCUT2D eigenvalue weighted by molar-refractivity contribution is 0.0985. The topological polar surface area (TPSA) is 23.6 Å². The number of halogens is 2. The van der Waals surface area contributed by atoms with Crippen molar-refractivity contribution in [2.45, 2.75) is 33.2 Å². The molecule has 3 aromatic rings. The molecule has 0 heterocycles. The number of nitrogens with zero attached hydrogens (tertiary/aromatic N) is 2. The highest BCUT2D eigenvalue weighted by Crippen LogP contribution is 2.26. The molecule has 0 radical (unpaired) electrons. The Morgan fingerprint density at radius 3 is 2.09 bits per heavy atom. The summed E-state index contributed by atoms with van der Waals surface area (Å²) in [6.45, 7) is 8.08. The van der Waals surface area contributed by atoms with E-state index in [0.29, 0.717) is 22.2 Å². The molecule has 0 aliphatic carbocycles. The molecule has 0 N–H and O–H groups in total. The number of benzene rings is 3. The van der Waals surface area contributed by atoms with E-state index in [2.05, 4.69) is 30.9 Å². The predicted octanol–water partition coefficient (Wildman–Crippen LogP) is 7.11. The van der Waals surface area contributed by atoms with Gasteiger partial charge >= 0.3 is 0 Å². The van der Waals surface area contributed by atoms with Crippen LogP contribution < -0.4 is 4.90 Å². The average molecular weight is 469 g/mol. The van der Waals surface area contributed by atoms with E-state index in [-0.39, 0.29) is 5.91 Å². The Morgan fingerprint density at radius 1 is 0.812 bits per heavy atom. The van der Waals surface area contributed by atoms with Gasteiger partial charge in [0.1, 0.15) is 0 Å². The zero-order valence-electron chi connectivity index (χ0n) is 18.7. The first-order valence-corrected chi connectivity index (χ1v) is 11.9. The molecular weight excluding hydrogens is 439 g/mol. The highest BCUT2D eigenvalue weighted by atomic mass is 35.5. The molecule has 0 spiro atoms. The number of hydrogen-bond donors (Lipinski definition) is 0. The molecule has 0 atom stereocenters. The molecule has 0 aliphatic heterocycles. The molecule has 0 bridgehead atoms. The summed E-state index contributed by atoms with van der Waals surface area (Å²) < 4.78 is 0. The van der Waals surface area contributed by atoms with Gasteiger partial charge in [-0.25, -0.2) is 0 Å². The first kappa shape index (κ1) is 24.3. The number of aryl methyl sites for hydroxylation is 1. The molecule has 0 unspecified atom stereocenters. The van der Waals surface area contributed by atoms with Gasteiger partial charge in [-0.1, -0.05) is 73.4 Å². The Labute approximate surface area is 201 Å². The van der Waals surface area contributed by atoms with Crippen molar-refractivity contribution in [1.82, 2.24) is 4.90 Å². The summed E-state index contributed by atoms with van der Waals surface area (Å²) in [5.41, 5.74) is 3.71. The lowest BCUT2D eigenvalue weighted by Crippen LogP contribution is -2.30. The zero-order valence-corrected chi connectivity index (χ0v) is 20.2. The fourth-order valence-electron chi connectivity index (χ4n) is 3.73. The summed E-state index contributed by atoms with van der Waals surface area (Å²) >= 11 is 12.3. The second-order valence-electron chi connectivity index (χ2n) is 7.80. The quantitative estimate of drug-likeness (QED) is 0.316. The van der Waals surface area contributed by atoms with E-state index in [1.165, 1.54) is 5.56 Å². The molecule has 0 aliphatic rings. The summed E-state index contributed by atoms with van der Waals surface area (Å²) in [6, 6.07) is 23.1. The third kappa shape index (κ3) is 6.59. The Bertz CT molecular complexity index is 1000. The van der Waals surface area contributed by atoms with Gasteiger partial charge in [0.05, 0.1) is 16.6 Å². The first-order chi connectivity index (χ1) is 15.5. The maximum atomic E-state index is 13.4. The molecule has 3 rings (SSSR count). The van der Waals surface area contributed by atoms with Crippen molar-refractivity contribution in [3.8, 4) is 0 Å². The SMILES string of the molecule is CCN(CC)CCCc1ccc(N(Cc2ccc(Cl)c(Cl)c2)C(=O)c2ccccc2)cc1. The van der Waals surface area contributed by atoms with Crippen LogP contribution in [0.25, 0.3) is 0 Å². The number of carbonyl (C=O) groups is 1. The van der Waals surface area contributed by atoms with Crippen molar-refractivity contribution in [3.63, 3.8) is 0 Å². The van der Waals surface area contributed by atoms with Crippen LogP contribution in [0.15, 0.2) is 72.8 Å². The molecule has 0 aromatic heterocycles. The monoisotopic (exact) mass is 468 g/mol. The number of carbonyl (C=O) groups excluding carboxylic acids is 1. The highest BCUT2D eigenvalue weighted by Gasteiger charge is 2.18. The Kier molecular flexibility index (Phi) is 9.16. The van der Waals surface area contributed by atoms with Gasteiger partial charge in [-0.2, -0.15) is 0 Å². The minimum atomic E-state index is -0.0500. The molecule has 0 fully saturated rings. The zero-order chi connectivity index (χ0) is 22.9. The van der Waals surface area contributed by atoms with Crippen LogP contribution >= 0.6 is 23.2 Å². The van der Waals surface area contributed by atoms with Crippen molar-refractivity contribution in [1.29, 1.82) is 0 Å². The van der Waals surface area contributed by atoms with E-state index >= 15 is 0 Å². The second kappa shape index (κ2) is 12.1. The van der Waals surface area contributed by atoms with Crippen LogP contribution in [0.4, 0.5) is 5.69 Å². The van der Waals surface area contributed by atoms with E-state index in [1.54, 1.807) is 11.0 Å². The minimum absolute atomic E-state index is 0.0500. The van der Waals surface area contributed by atoms with Crippen LogP contribution in [0.2, 0.25) is 10.0 Å². The van der Waals surface area contributed by atoms with Crippen LogP contribution in [-0.4, -0.2) is 30.4 Å². The minimum Gasteiger partial charge on any atom is -0.304 e. The van der Waals surface area contributed by atoms with E-state index in [0.717, 1.165) is 43.7 Å². The molecule has 3 nitrogen and oxygen atoms in total. The van der Waals surface area contributed by atoms with E-state index in [9.17, 15) is 4.79 Å². The van der Waals surface area contributed by atoms with Crippen LogP contribution in [0.5, 0.6) is 0 Å². The van der Waals surface area contributed by atoms with Crippen molar-refractivity contribution in [2.75, 3.05) is 24.5 Å². The summed E-state index contributed by atoms with van der Waals surface area (Å²) in [7, 11) is 0. The van der Waals surface area contributed by atoms with E-state index < -0.39 is 0 Å². The fraction of sp³-hybridized carbons (Fsp3) is 0.296. The predicted molar refractivity (Wildman–Crippen MR) is 136 cm³/mol.